The minimum absolute atomic E-state index is 0.663. The molecule has 0 radical (unpaired) electrons. The minimum atomic E-state index is 0.663. The number of hydrogen-bond donors (Lipinski definition) is 1. The molecule has 1 heterocycles. The van der Waals surface area contributed by atoms with Gasteiger partial charge in [0.1, 0.15) is 11.0 Å². The third kappa shape index (κ3) is 3.41. The lowest BCUT2D eigenvalue weighted by Gasteiger charge is -2.24. The van der Waals surface area contributed by atoms with Crippen LogP contribution in [0.4, 0.5) is 0 Å². The van der Waals surface area contributed by atoms with Gasteiger partial charge in [-0.3, -0.25) is 0 Å². The van der Waals surface area contributed by atoms with Crippen molar-refractivity contribution < 1.29 is 0 Å². The van der Waals surface area contributed by atoms with Gasteiger partial charge in [0.2, 0.25) is 0 Å². The SMILES string of the molecule is CN1C=C(NCC2CCCCC2)N=C(Cl)C1. The Hall–Kier alpha value is -0.700. The zero-order valence-corrected chi connectivity index (χ0v) is 10.6. The van der Waals surface area contributed by atoms with E-state index in [9.17, 15) is 0 Å². The van der Waals surface area contributed by atoms with Crippen LogP contribution in [-0.4, -0.2) is 30.2 Å². The average Bonchev–Trinajstić information content (AvgIpc) is 2.27. The number of rotatable bonds is 3. The Bertz CT molecular complexity index is 293. The molecule has 2 rings (SSSR count). The molecule has 0 amide bonds. The van der Waals surface area contributed by atoms with Gasteiger partial charge in [-0.25, -0.2) is 4.99 Å². The van der Waals surface area contributed by atoms with Crippen LogP contribution in [-0.2, 0) is 0 Å². The van der Waals surface area contributed by atoms with Gasteiger partial charge in [0, 0.05) is 19.8 Å². The normalized spacial score (nSPS) is 22.8. The Morgan fingerprint density at radius 1 is 1.44 bits per heavy atom. The predicted octanol–water partition coefficient (Wildman–Crippen LogP) is 2.54. The molecular formula is C12H20ClN3. The van der Waals surface area contributed by atoms with Gasteiger partial charge in [-0.1, -0.05) is 30.9 Å². The average molecular weight is 242 g/mol. The van der Waals surface area contributed by atoms with E-state index < -0.39 is 0 Å². The van der Waals surface area contributed by atoms with Crippen LogP contribution in [0.25, 0.3) is 0 Å². The molecule has 1 fully saturated rings. The summed E-state index contributed by atoms with van der Waals surface area (Å²) in [5.74, 6) is 1.72. The van der Waals surface area contributed by atoms with E-state index in [4.69, 9.17) is 11.6 Å². The molecule has 0 unspecified atom stereocenters. The number of halogens is 1. The Balaban J connectivity index is 1.80. The summed E-state index contributed by atoms with van der Waals surface area (Å²) < 4.78 is 0. The van der Waals surface area contributed by atoms with Crippen molar-refractivity contribution in [2.45, 2.75) is 32.1 Å². The smallest absolute Gasteiger partial charge is 0.143 e. The molecule has 0 atom stereocenters. The van der Waals surface area contributed by atoms with Gasteiger partial charge in [-0.2, -0.15) is 0 Å². The van der Waals surface area contributed by atoms with Crippen molar-refractivity contribution in [1.82, 2.24) is 10.2 Å². The highest BCUT2D eigenvalue weighted by Crippen LogP contribution is 2.23. The van der Waals surface area contributed by atoms with Gasteiger partial charge >= 0.3 is 0 Å². The predicted molar refractivity (Wildman–Crippen MR) is 68.6 cm³/mol. The molecule has 4 heteroatoms. The Labute approximate surface area is 103 Å². The maximum absolute atomic E-state index is 5.96. The molecule has 1 aliphatic carbocycles. The molecule has 1 saturated carbocycles. The Kier molecular flexibility index (Phi) is 4.10. The zero-order valence-electron chi connectivity index (χ0n) is 9.88. The largest absolute Gasteiger partial charge is 0.371 e. The van der Waals surface area contributed by atoms with Gasteiger partial charge in [-0.05, 0) is 18.8 Å². The van der Waals surface area contributed by atoms with Crippen LogP contribution in [0.2, 0.25) is 0 Å². The number of nitrogens with zero attached hydrogens (tertiary/aromatic N) is 2. The first kappa shape index (κ1) is 11.8. The quantitative estimate of drug-likeness (QED) is 0.823. The van der Waals surface area contributed by atoms with Gasteiger partial charge in [0.25, 0.3) is 0 Å². The summed E-state index contributed by atoms with van der Waals surface area (Å²) in [5.41, 5.74) is 0. The van der Waals surface area contributed by atoms with Crippen molar-refractivity contribution in [3.8, 4) is 0 Å². The van der Waals surface area contributed by atoms with Crippen LogP contribution in [0, 0.1) is 5.92 Å². The van der Waals surface area contributed by atoms with E-state index in [1.807, 2.05) is 13.2 Å². The second kappa shape index (κ2) is 5.58. The van der Waals surface area contributed by atoms with Gasteiger partial charge in [0.05, 0.1) is 6.54 Å². The third-order valence-electron chi connectivity index (χ3n) is 3.26. The zero-order chi connectivity index (χ0) is 11.4. The molecule has 16 heavy (non-hydrogen) atoms. The molecule has 1 N–H and O–H groups in total. The Morgan fingerprint density at radius 2 is 2.19 bits per heavy atom. The standard InChI is InChI=1S/C12H20ClN3/c1-16-8-11(13)15-12(9-16)14-7-10-5-3-2-4-6-10/h9-10,14H,2-8H2,1H3. The lowest BCUT2D eigenvalue weighted by Crippen LogP contribution is -2.29. The van der Waals surface area contributed by atoms with E-state index in [1.54, 1.807) is 0 Å². The molecule has 90 valence electrons. The second-order valence-corrected chi connectivity index (χ2v) is 5.24. The lowest BCUT2D eigenvalue weighted by atomic mass is 9.89. The van der Waals surface area contributed by atoms with Crippen LogP contribution in [0.15, 0.2) is 17.0 Å². The van der Waals surface area contributed by atoms with E-state index >= 15 is 0 Å². The van der Waals surface area contributed by atoms with E-state index in [1.165, 1.54) is 32.1 Å². The van der Waals surface area contributed by atoms with Gasteiger partial charge in [-0.15, -0.1) is 0 Å². The summed E-state index contributed by atoms with van der Waals surface area (Å²) in [7, 11) is 2.01. The van der Waals surface area contributed by atoms with E-state index in [0.717, 1.165) is 24.8 Å². The summed E-state index contributed by atoms with van der Waals surface area (Å²) in [6.45, 7) is 1.75. The molecule has 0 aromatic heterocycles. The molecule has 2 aliphatic rings. The number of aliphatic imine (C=N–C) groups is 1. The van der Waals surface area contributed by atoms with E-state index in [2.05, 4.69) is 15.2 Å². The molecule has 0 spiro atoms. The monoisotopic (exact) mass is 241 g/mol. The summed E-state index contributed by atoms with van der Waals surface area (Å²) in [6.07, 6.45) is 8.91. The molecule has 3 nitrogen and oxygen atoms in total. The lowest BCUT2D eigenvalue weighted by molar-refractivity contribution is 0.349. The third-order valence-corrected chi connectivity index (χ3v) is 3.46. The minimum Gasteiger partial charge on any atom is -0.371 e. The van der Waals surface area contributed by atoms with Crippen molar-refractivity contribution in [1.29, 1.82) is 0 Å². The molecular weight excluding hydrogens is 222 g/mol. The number of nitrogens with one attached hydrogen (secondary N) is 1. The summed E-state index contributed by atoms with van der Waals surface area (Å²) in [6, 6.07) is 0. The molecule has 0 bridgehead atoms. The Morgan fingerprint density at radius 3 is 2.88 bits per heavy atom. The van der Waals surface area contributed by atoms with Crippen molar-refractivity contribution >= 4 is 16.8 Å². The molecule has 0 saturated heterocycles. The highest BCUT2D eigenvalue weighted by Gasteiger charge is 2.14. The fourth-order valence-electron chi connectivity index (χ4n) is 2.38. The van der Waals surface area contributed by atoms with Gasteiger partial charge < -0.3 is 10.2 Å². The first-order chi connectivity index (χ1) is 7.74. The van der Waals surface area contributed by atoms with Crippen LogP contribution in [0.5, 0.6) is 0 Å². The van der Waals surface area contributed by atoms with Crippen LogP contribution >= 0.6 is 11.6 Å². The highest BCUT2D eigenvalue weighted by molar-refractivity contribution is 6.66. The molecule has 1 aliphatic heterocycles. The van der Waals surface area contributed by atoms with Crippen molar-refractivity contribution in [2.24, 2.45) is 10.9 Å². The first-order valence-corrected chi connectivity index (χ1v) is 6.51. The topological polar surface area (TPSA) is 27.6 Å². The fourth-order valence-corrected chi connectivity index (χ4v) is 2.66. The molecule has 0 aromatic rings. The fraction of sp³-hybridized carbons (Fsp3) is 0.750. The summed E-state index contributed by atoms with van der Waals surface area (Å²) >= 11 is 5.96. The summed E-state index contributed by atoms with van der Waals surface area (Å²) in [5, 5.41) is 4.06. The van der Waals surface area contributed by atoms with E-state index in [0.29, 0.717) is 5.17 Å². The van der Waals surface area contributed by atoms with Crippen LogP contribution in [0.1, 0.15) is 32.1 Å². The molecule has 0 aromatic carbocycles. The summed E-state index contributed by atoms with van der Waals surface area (Å²) in [4.78, 5) is 6.36. The van der Waals surface area contributed by atoms with Crippen molar-refractivity contribution in [3.63, 3.8) is 0 Å². The van der Waals surface area contributed by atoms with E-state index in [-0.39, 0.29) is 0 Å². The van der Waals surface area contributed by atoms with Crippen molar-refractivity contribution in [3.05, 3.63) is 12.0 Å². The second-order valence-electron chi connectivity index (χ2n) is 4.80. The maximum Gasteiger partial charge on any atom is 0.143 e. The maximum atomic E-state index is 5.96. The van der Waals surface area contributed by atoms with Crippen LogP contribution in [0.3, 0.4) is 0 Å². The van der Waals surface area contributed by atoms with Crippen LogP contribution < -0.4 is 5.32 Å². The van der Waals surface area contributed by atoms with Gasteiger partial charge in [0.15, 0.2) is 0 Å². The highest BCUT2D eigenvalue weighted by atomic mass is 35.5. The first-order valence-electron chi connectivity index (χ1n) is 6.13. The number of hydrogen-bond acceptors (Lipinski definition) is 3. The van der Waals surface area contributed by atoms with Crippen molar-refractivity contribution in [2.75, 3.05) is 20.1 Å².